The molecule has 30 heavy (non-hydrogen) atoms. The van der Waals surface area contributed by atoms with E-state index in [1.165, 1.54) is 17.0 Å². The van der Waals surface area contributed by atoms with Gasteiger partial charge in [0.05, 0.1) is 6.04 Å². The fourth-order valence-corrected chi connectivity index (χ4v) is 4.81. The standard InChI is InChI=1S/C24H31FN2O2S/c1-6-16(2)27(23(29)24(3,4)5)15-21(28)26-13-11-20-19(12-14-30-20)22(26)17-7-9-18(25)10-8-17/h7-10,12,14,16,22H,6,11,13,15H2,1-5H3/t16-,22+/m1/s1. The molecule has 0 bridgehead atoms. The zero-order valence-corrected chi connectivity index (χ0v) is 19.3. The Kier molecular flexibility index (Phi) is 6.65. The Bertz CT molecular complexity index is 901. The molecule has 0 unspecified atom stereocenters. The van der Waals surface area contributed by atoms with Crippen molar-refractivity contribution in [2.24, 2.45) is 5.41 Å². The lowest BCUT2D eigenvalue weighted by Gasteiger charge is -2.39. The first kappa shape index (κ1) is 22.5. The maximum absolute atomic E-state index is 13.5. The Balaban J connectivity index is 1.92. The average molecular weight is 431 g/mol. The van der Waals surface area contributed by atoms with Crippen LogP contribution in [0.1, 0.15) is 63.1 Å². The molecule has 162 valence electrons. The molecule has 0 saturated heterocycles. The van der Waals surface area contributed by atoms with Gasteiger partial charge in [-0.2, -0.15) is 0 Å². The van der Waals surface area contributed by atoms with E-state index in [4.69, 9.17) is 0 Å². The molecule has 1 aromatic carbocycles. The first-order chi connectivity index (χ1) is 14.1. The van der Waals surface area contributed by atoms with E-state index in [0.29, 0.717) is 6.54 Å². The molecule has 0 radical (unpaired) electrons. The molecular weight excluding hydrogens is 399 g/mol. The number of amides is 2. The monoisotopic (exact) mass is 430 g/mol. The highest BCUT2D eigenvalue weighted by Gasteiger charge is 2.36. The van der Waals surface area contributed by atoms with Gasteiger partial charge in [-0.15, -0.1) is 11.3 Å². The number of rotatable bonds is 5. The number of thiophene rings is 1. The fraction of sp³-hybridized carbons (Fsp3) is 0.500. The van der Waals surface area contributed by atoms with Crippen molar-refractivity contribution in [2.45, 2.75) is 59.5 Å². The van der Waals surface area contributed by atoms with Crippen molar-refractivity contribution < 1.29 is 14.0 Å². The highest BCUT2D eigenvalue weighted by Crippen LogP contribution is 2.38. The van der Waals surface area contributed by atoms with Gasteiger partial charge in [0.25, 0.3) is 0 Å². The van der Waals surface area contributed by atoms with Crippen molar-refractivity contribution in [1.29, 1.82) is 0 Å². The van der Waals surface area contributed by atoms with Crippen molar-refractivity contribution in [3.63, 3.8) is 0 Å². The van der Waals surface area contributed by atoms with Crippen LogP contribution in [-0.4, -0.2) is 40.7 Å². The van der Waals surface area contributed by atoms with Crippen LogP contribution in [0.2, 0.25) is 0 Å². The van der Waals surface area contributed by atoms with Gasteiger partial charge >= 0.3 is 0 Å². The second-order valence-electron chi connectivity index (χ2n) is 9.03. The van der Waals surface area contributed by atoms with Gasteiger partial charge in [0.2, 0.25) is 11.8 Å². The Labute approximate surface area is 182 Å². The third-order valence-electron chi connectivity index (χ3n) is 5.80. The number of halogens is 1. The molecule has 0 saturated carbocycles. The Morgan fingerprint density at radius 3 is 2.50 bits per heavy atom. The Hall–Kier alpha value is -2.21. The summed E-state index contributed by atoms with van der Waals surface area (Å²) < 4.78 is 13.5. The highest BCUT2D eigenvalue weighted by atomic mass is 32.1. The van der Waals surface area contributed by atoms with E-state index in [9.17, 15) is 14.0 Å². The van der Waals surface area contributed by atoms with Gasteiger partial charge < -0.3 is 9.80 Å². The molecule has 6 heteroatoms. The lowest BCUT2D eigenvalue weighted by atomic mass is 9.92. The van der Waals surface area contributed by atoms with Crippen LogP contribution in [0.3, 0.4) is 0 Å². The molecule has 0 spiro atoms. The van der Waals surface area contributed by atoms with E-state index < -0.39 is 5.41 Å². The van der Waals surface area contributed by atoms with E-state index in [1.54, 1.807) is 28.4 Å². The van der Waals surface area contributed by atoms with E-state index in [2.05, 4.69) is 6.07 Å². The van der Waals surface area contributed by atoms with Crippen LogP contribution < -0.4 is 0 Å². The van der Waals surface area contributed by atoms with E-state index in [0.717, 1.165) is 24.0 Å². The first-order valence-corrected chi connectivity index (χ1v) is 11.4. The smallest absolute Gasteiger partial charge is 0.243 e. The van der Waals surface area contributed by atoms with Crippen LogP contribution in [0.4, 0.5) is 4.39 Å². The van der Waals surface area contributed by atoms with Gasteiger partial charge in [0.1, 0.15) is 12.4 Å². The van der Waals surface area contributed by atoms with Crippen LogP contribution in [0, 0.1) is 11.2 Å². The van der Waals surface area contributed by atoms with Crippen LogP contribution >= 0.6 is 11.3 Å². The Morgan fingerprint density at radius 1 is 1.23 bits per heavy atom. The summed E-state index contributed by atoms with van der Waals surface area (Å²) in [4.78, 5) is 31.4. The number of hydrogen-bond donors (Lipinski definition) is 0. The minimum atomic E-state index is -0.553. The van der Waals surface area contributed by atoms with Gasteiger partial charge in [-0.3, -0.25) is 9.59 Å². The predicted octanol–water partition coefficient (Wildman–Crippen LogP) is 5.03. The molecule has 1 aromatic heterocycles. The van der Waals surface area contributed by atoms with Crippen molar-refractivity contribution in [1.82, 2.24) is 9.80 Å². The topological polar surface area (TPSA) is 40.6 Å². The van der Waals surface area contributed by atoms with Crippen LogP contribution in [0.5, 0.6) is 0 Å². The van der Waals surface area contributed by atoms with Gasteiger partial charge in [-0.1, -0.05) is 39.8 Å². The van der Waals surface area contributed by atoms with E-state index in [1.807, 2.05) is 44.9 Å². The summed E-state index contributed by atoms with van der Waals surface area (Å²) in [5.41, 5.74) is 1.44. The van der Waals surface area contributed by atoms with Gasteiger partial charge in [0, 0.05) is 22.9 Å². The van der Waals surface area contributed by atoms with E-state index in [-0.39, 0.29) is 36.3 Å². The summed E-state index contributed by atoms with van der Waals surface area (Å²) in [6.07, 6.45) is 1.58. The van der Waals surface area contributed by atoms with Gasteiger partial charge in [0.15, 0.2) is 0 Å². The van der Waals surface area contributed by atoms with Crippen LogP contribution in [0.25, 0.3) is 0 Å². The van der Waals surface area contributed by atoms with Crippen molar-refractivity contribution in [3.8, 4) is 0 Å². The SMILES string of the molecule is CC[C@@H](C)N(CC(=O)N1CCc2sccc2[C@@H]1c1ccc(F)cc1)C(=O)C(C)(C)C. The zero-order valence-electron chi connectivity index (χ0n) is 18.4. The number of benzene rings is 1. The summed E-state index contributed by atoms with van der Waals surface area (Å²) in [7, 11) is 0. The molecular formula is C24H31FN2O2S. The summed E-state index contributed by atoms with van der Waals surface area (Å²) in [5.74, 6) is -0.382. The van der Waals surface area contributed by atoms with Crippen LogP contribution in [0.15, 0.2) is 35.7 Å². The van der Waals surface area contributed by atoms with Crippen LogP contribution in [-0.2, 0) is 16.0 Å². The summed E-state index contributed by atoms with van der Waals surface area (Å²) >= 11 is 1.69. The second-order valence-corrected chi connectivity index (χ2v) is 10.0. The third-order valence-corrected chi connectivity index (χ3v) is 6.80. The highest BCUT2D eigenvalue weighted by molar-refractivity contribution is 7.10. The van der Waals surface area contributed by atoms with E-state index >= 15 is 0 Å². The van der Waals surface area contributed by atoms with Crippen molar-refractivity contribution in [3.05, 3.63) is 57.5 Å². The second kappa shape index (κ2) is 8.88. The number of nitrogens with zero attached hydrogens (tertiary/aromatic N) is 2. The maximum atomic E-state index is 13.5. The summed E-state index contributed by atoms with van der Waals surface area (Å²) in [5, 5.41) is 2.05. The lowest BCUT2D eigenvalue weighted by molar-refractivity contribution is -0.148. The lowest BCUT2D eigenvalue weighted by Crippen LogP contribution is -2.51. The zero-order chi connectivity index (χ0) is 22.1. The molecule has 0 aliphatic carbocycles. The van der Waals surface area contributed by atoms with Crippen molar-refractivity contribution >= 4 is 23.2 Å². The molecule has 2 amide bonds. The molecule has 2 heterocycles. The molecule has 0 N–H and O–H groups in total. The minimum Gasteiger partial charge on any atom is -0.330 e. The fourth-order valence-electron chi connectivity index (χ4n) is 3.91. The number of carbonyl (C=O) groups is 2. The molecule has 4 nitrogen and oxygen atoms in total. The Morgan fingerprint density at radius 2 is 1.90 bits per heavy atom. The van der Waals surface area contributed by atoms with Crippen molar-refractivity contribution in [2.75, 3.05) is 13.1 Å². The average Bonchev–Trinajstić information content (AvgIpc) is 3.19. The maximum Gasteiger partial charge on any atom is 0.243 e. The number of hydrogen-bond acceptors (Lipinski definition) is 3. The summed E-state index contributed by atoms with van der Waals surface area (Å²) in [6, 6.07) is 8.16. The molecule has 2 atom stereocenters. The molecule has 3 rings (SSSR count). The molecule has 1 aliphatic rings. The predicted molar refractivity (Wildman–Crippen MR) is 119 cm³/mol. The number of fused-ring (bicyclic) bond motifs is 1. The largest absolute Gasteiger partial charge is 0.330 e. The third kappa shape index (κ3) is 4.59. The van der Waals surface area contributed by atoms with Gasteiger partial charge in [-0.25, -0.2) is 4.39 Å². The normalized spacial score (nSPS) is 17.4. The quantitative estimate of drug-likeness (QED) is 0.667. The molecule has 2 aromatic rings. The minimum absolute atomic E-state index is 0.0169. The number of carbonyl (C=O) groups excluding carboxylic acids is 2. The van der Waals surface area contributed by atoms with Gasteiger partial charge in [-0.05, 0) is 54.5 Å². The first-order valence-electron chi connectivity index (χ1n) is 10.6. The molecule has 0 fully saturated rings. The molecule has 1 aliphatic heterocycles. The summed E-state index contributed by atoms with van der Waals surface area (Å²) in [6.45, 7) is 10.3.